The molecule has 0 spiro atoms. The molecule has 22 rings (SSSR count). The maximum Gasteiger partial charge on any atom is 0.405 e. The van der Waals surface area contributed by atoms with Crippen molar-refractivity contribution in [3.63, 3.8) is 0 Å². The number of ketones is 3. The first-order chi connectivity index (χ1) is 72.0. The Morgan fingerprint density at radius 3 is 1.24 bits per heavy atom. The zero-order valence-electron chi connectivity index (χ0n) is 82.2. The maximum atomic E-state index is 12.4. The molecule has 4 N–H and O–H groups in total. The van der Waals surface area contributed by atoms with E-state index in [4.69, 9.17) is 79.5 Å². The first-order valence-electron chi connectivity index (χ1n) is 48.9. The number of halogens is 10. The van der Waals surface area contributed by atoms with Crippen molar-refractivity contribution in [1.82, 2.24) is 19.6 Å². The second-order valence-corrected chi connectivity index (χ2v) is 41.6. The van der Waals surface area contributed by atoms with Gasteiger partial charge in [-0.05, 0) is 218 Å². The smallest absolute Gasteiger partial charge is 0.405 e. The molecule has 5 heterocycles. The average Bonchev–Trinajstić information content (AvgIpc) is 1.68. The van der Waals surface area contributed by atoms with E-state index in [9.17, 15) is 48.3 Å². The van der Waals surface area contributed by atoms with Crippen LogP contribution in [0.3, 0.4) is 0 Å². The SMILES string of the molecule is CC(Cl)OC(=O)Cl.ClC1Cc2cccc3cccc1c23.ClCCl.Nc1ccccc1.O=C(Cl)C(=O)Cl.O=C(Cl)C(=O)N(c1ccccc1)C1CCN(Cc2ccccc2)CC1.O=C1C(=O)N(C2CCN(Cc3ccccc3)CC2)c2ccccc21.O=C1CCN(Cc2ccccc2)CC1.O=C1Cc2cccc3cccc1c23.O=S(Cl)Cl.OC1Cc2cccc3cccc1c23.c1ccc(CN2CCC(Nc3ccccc3)CC2)cc1. The van der Waals surface area contributed by atoms with Gasteiger partial charge >= 0.3 is 27.1 Å². The van der Waals surface area contributed by atoms with Crippen LogP contribution in [0.1, 0.15) is 141 Å². The summed E-state index contributed by atoms with van der Waals surface area (Å²) >= 11 is 40.1. The van der Waals surface area contributed by atoms with Gasteiger partial charge in [0.15, 0.2) is 11.3 Å². The summed E-state index contributed by atoms with van der Waals surface area (Å²) in [5.41, 5.74) is 20.5. The molecule has 3 aliphatic carbocycles. The molecule has 2 amide bonds. The van der Waals surface area contributed by atoms with Crippen LogP contribution in [0, 0.1) is 0 Å². The van der Waals surface area contributed by atoms with E-state index < -0.39 is 41.9 Å². The Bertz CT molecular complexity index is 6510. The lowest BCUT2D eigenvalue weighted by Gasteiger charge is -2.38. The maximum absolute atomic E-state index is 12.4. The van der Waals surface area contributed by atoms with Crippen molar-refractivity contribution in [2.45, 2.75) is 139 Å². The summed E-state index contributed by atoms with van der Waals surface area (Å²) in [4.78, 5) is 113. The molecule has 14 aromatic rings. The number of anilines is 4. The van der Waals surface area contributed by atoms with Crippen LogP contribution in [0.4, 0.5) is 27.5 Å². The van der Waals surface area contributed by atoms with Crippen LogP contribution < -0.4 is 20.9 Å². The fourth-order valence-corrected chi connectivity index (χ4v) is 19.5. The van der Waals surface area contributed by atoms with Gasteiger partial charge in [-0.25, -0.2) is 9.00 Å². The van der Waals surface area contributed by atoms with E-state index in [1.165, 1.54) is 110 Å². The Balaban J connectivity index is 0.000000160. The molecule has 4 saturated heterocycles. The van der Waals surface area contributed by atoms with Gasteiger partial charge < -0.3 is 30.7 Å². The van der Waals surface area contributed by atoms with Crippen LogP contribution in [0.15, 0.2) is 346 Å². The number of aliphatic hydroxyl groups is 1. The fraction of sp³-hybridized carbons (Fsp3) is 0.263. The van der Waals surface area contributed by atoms with Crippen LogP contribution in [-0.2, 0) is 88.2 Å². The van der Waals surface area contributed by atoms with Gasteiger partial charge in [-0.2, -0.15) is 0 Å². The fourth-order valence-electron chi connectivity index (χ4n) is 18.8. The number of aliphatic hydroxyl groups excluding tert-OH is 1. The van der Waals surface area contributed by atoms with Crippen LogP contribution in [0.2, 0.25) is 0 Å². The van der Waals surface area contributed by atoms with Crippen molar-refractivity contribution in [3.05, 3.63) is 407 Å². The number of piperidine rings is 4. The number of fused-ring (bicyclic) bond motifs is 1. The van der Waals surface area contributed by atoms with Gasteiger partial charge in [-0.15, -0.1) is 34.8 Å². The zero-order valence-corrected chi connectivity index (χ0v) is 90.6. The van der Waals surface area contributed by atoms with Gasteiger partial charge in [0.2, 0.25) is 9.23 Å². The third-order valence-corrected chi connectivity index (χ3v) is 26.8. The molecule has 3 unspecified atom stereocenters. The number of carbonyl (C=O) groups is 9. The predicted molar refractivity (Wildman–Crippen MR) is 611 cm³/mol. The molecule has 8 aliphatic rings. The number of para-hydroxylation sites is 4. The molecular formula is C118H118Cl10N8O12S. The minimum atomic E-state index is -1.67. The van der Waals surface area contributed by atoms with Crippen molar-refractivity contribution in [3.8, 4) is 0 Å². The molecule has 4 fully saturated rings. The highest BCUT2D eigenvalue weighted by atomic mass is 36.0. The molecule has 0 bridgehead atoms. The van der Waals surface area contributed by atoms with Gasteiger partial charge in [0, 0.05) is 178 Å². The quantitative estimate of drug-likeness (QED) is 0.0351. The van der Waals surface area contributed by atoms with Gasteiger partial charge in [0.1, 0.15) is 5.78 Å². The number of nitrogens with zero attached hydrogens (tertiary/aromatic N) is 6. The number of nitrogens with two attached hydrogens (primary N) is 1. The number of carbonyl (C=O) groups excluding carboxylic acids is 9. The van der Waals surface area contributed by atoms with Crippen molar-refractivity contribution >= 4 is 229 Å². The molecule has 0 saturated carbocycles. The van der Waals surface area contributed by atoms with Gasteiger partial charge in [-0.3, -0.25) is 58.0 Å². The van der Waals surface area contributed by atoms with E-state index in [1.807, 2.05) is 146 Å². The second-order valence-electron chi connectivity index (χ2n) is 35.8. The number of hydrogen-bond donors (Lipinski definition) is 3. The topological polar surface area (TPSA) is 258 Å². The monoisotopic (exact) mass is 2220 g/mol. The lowest BCUT2D eigenvalue weighted by molar-refractivity contribution is -0.132. The minimum Gasteiger partial charge on any atom is -0.434 e. The van der Waals surface area contributed by atoms with E-state index in [-0.39, 0.29) is 46.4 Å². The third kappa shape index (κ3) is 38.0. The number of ether oxygens (including phenoxy) is 1. The summed E-state index contributed by atoms with van der Waals surface area (Å²) in [6, 6.07) is 117. The Hall–Kier alpha value is -11.3. The third-order valence-electron chi connectivity index (χ3n) is 25.6. The van der Waals surface area contributed by atoms with E-state index in [0.717, 1.165) is 150 Å². The largest absolute Gasteiger partial charge is 0.434 e. The molecule has 5 aliphatic heterocycles. The Morgan fingerprint density at radius 1 is 0.443 bits per heavy atom. The molecule has 14 aromatic carbocycles. The Kier molecular flexibility index (Phi) is 49.5. The average molecular weight is 2230 g/mol. The number of amides is 2. The normalized spacial score (nSPS) is 16.0. The first kappa shape index (κ1) is 118. The van der Waals surface area contributed by atoms with Gasteiger partial charge in [0.25, 0.3) is 11.7 Å². The number of nitrogen functional groups attached to an aromatic ring is 1. The summed E-state index contributed by atoms with van der Waals surface area (Å²) in [6.45, 7) is 13.3. The Morgan fingerprint density at radius 2 is 0.812 bits per heavy atom. The van der Waals surface area contributed by atoms with Crippen LogP contribution >= 0.6 is 114 Å². The number of rotatable bonds is 16. The van der Waals surface area contributed by atoms with Crippen molar-refractivity contribution in [2.24, 2.45) is 0 Å². The van der Waals surface area contributed by atoms with Crippen LogP contribution in [0.25, 0.3) is 32.3 Å². The molecule has 149 heavy (non-hydrogen) atoms. The van der Waals surface area contributed by atoms with E-state index >= 15 is 0 Å². The number of benzene rings is 14. The molecule has 31 heteroatoms. The predicted octanol–water partition coefficient (Wildman–Crippen LogP) is 26.8. The van der Waals surface area contributed by atoms with E-state index in [0.29, 0.717) is 23.8 Å². The zero-order chi connectivity index (χ0) is 107. The van der Waals surface area contributed by atoms with Crippen molar-refractivity contribution < 1.29 is 57.2 Å². The molecule has 0 radical (unpaired) electrons. The summed E-state index contributed by atoms with van der Waals surface area (Å²) in [5.74, 6) is -0.703. The number of likely N-dealkylation sites (tertiary alicyclic amines) is 4. The molecular weight excluding hydrogens is 2110 g/mol. The summed E-state index contributed by atoms with van der Waals surface area (Å²) in [5, 5.41) is 18.1. The van der Waals surface area contributed by atoms with E-state index in [1.54, 1.807) is 15.9 Å². The lowest BCUT2D eigenvalue weighted by atomic mass is 10.0. The molecule has 778 valence electrons. The summed E-state index contributed by atoms with van der Waals surface area (Å²) in [6.07, 6.45) is 9.39. The second kappa shape index (κ2) is 62.5. The molecule has 3 atom stereocenters. The lowest BCUT2D eigenvalue weighted by Crippen LogP contribution is -2.49. The van der Waals surface area contributed by atoms with Crippen molar-refractivity contribution in [1.29, 1.82) is 0 Å². The first-order valence-corrected chi connectivity index (χ1v) is 55.1. The van der Waals surface area contributed by atoms with Gasteiger partial charge in [-0.1, -0.05) is 309 Å². The highest BCUT2D eigenvalue weighted by Gasteiger charge is 2.41. The van der Waals surface area contributed by atoms with Gasteiger partial charge in [0.05, 0.1) is 28.1 Å². The summed E-state index contributed by atoms with van der Waals surface area (Å²) in [7, 11) is 7.36. The van der Waals surface area contributed by atoms with E-state index in [2.05, 4.69) is 268 Å². The standard InChI is InChI=1S/C20H21ClN2O2.C20H20N2O2.C18H22N2.C12H9Cl.C12H15NO.C12H10O.C12H8O.C6H7N.C3H4Cl2O2.C2Cl2O2.CH2Cl2.Cl2OS/c21-19(24)20(25)23(17-9-5-2-6-10-17)18-11-13-22(14-12-18)15-16-7-3-1-4-8-16;23-19-17-8-4-5-9-18(17)22(20(19)24)16-10-12-21(13-11-16)14-15-6-2-1-3-7-15;1-3-7-16(8-4-1)15-20-13-11-18(12-14-20)19-17-9-5-2-6-10-17;13-11-7-9-5-1-3-8-4-2-6-10(11)12(8)9;14-12-6-8-13(9-7-12)10-11-4-2-1-3-5-11;2*13-11-7-9-5-1-3-8-4-2-6-10(11)12(8)9;7-6-4-2-1-3-5-6;1-2(4)7-3(5)6;3-1(5)2(4)6;2-1-3;1-4(2)3/h1-10,18H,11-15H2;1-9,16H,10-14H2;1-10,18-19H,11-15H2;1-6,11H,7H2;1-5H,6-10H2;1-6,11,13H,7H2;1-6H,7H2;1-5H,7H2;2H,1H3;;1H2;. The molecule has 20 nitrogen and oxygen atoms in total. The van der Waals surface area contributed by atoms with Crippen molar-refractivity contribution in [2.75, 3.05) is 78.5 Å². The minimum absolute atomic E-state index is 0.00961. The summed E-state index contributed by atoms with van der Waals surface area (Å²) < 4.78 is 13.2. The number of hydrogen-bond acceptors (Lipinski definition) is 18. The van der Waals surface area contributed by atoms with Crippen LogP contribution in [-0.4, -0.2) is 161 Å². The highest BCUT2D eigenvalue weighted by Crippen LogP contribution is 2.42. The highest BCUT2D eigenvalue weighted by molar-refractivity contribution is 8.26. The Labute approximate surface area is 922 Å². The number of nitrogens with one attached hydrogen (secondary N) is 1. The number of alkyl halides is 4. The number of Topliss-reactive ketones (excluding diaryl/α,β-unsaturated/α-hetero) is 3. The van der Waals surface area contributed by atoms with Crippen LogP contribution in [0.5, 0.6) is 0 Å². The molecule has 0 aromatic heterocycles.